The Morgan fingerprint density at radius 2 is 1.87 bits per heavy atom. The van der Waals surface area contributed by atoms with Gasteiger partial charge in [0, 0.05) is 25.9 Å². The Bertz CT molecular complexity index is 426. The number of nitrogens with one attached hydrogen (secondary N) is 1. The largest absolute Gasteiger partial charge is 0.466 e. The van der Waals surface area contributed by atoms with Gasteiger partial charge in [0.2, 0.25) is 0 Å². The molecular weight excluding hydrogens is 300 g/mol. The van der Waals surface area contributed by atoms with E-state index in [0.29, 0.717) is 51.9 Å². The Balaban J connectivity index is 1.86. The Morgan fingerprint density at radius 3 is 2.43 bits per heavy atom. The number of ether oxygens (including phenoxy) is 2. The number of hydrogen-bond donors (Lipinski definition) is 1. The molecule has 0 bridgehead atoms. The van der Waals surface area contributed by atoms with Gasteiger partial charge in [-0.25, -0.2) is 4.79 Å². The summed E-state index contributed by atoms with van der Waals surface area (Å²) in [6.45, 7) is 3.60. The molecule has 1 aliphatic carbocycles. The Morgan fingerprint density at radius 1 is 1.22 bits per heavy atom. The molecular formula is C16H26N2O5. The number of esters is 1. The van der Waals surface area contributed by atoms with Crippen molar-refractivity contribution in [1.82, 2.24) is 10.2 Å². The molecule has 0 aromatic carbocycles. The van der Waals surface area contributed by atoms with Crippen molar-refractivity contribution >= 4 is 18.5 Å². The highest BCUT2D eigenvalue weighted by molar-refractivity contribution is 5.76. The maximum Gasteiger partial charge on any atom is 0.320 e. The number of likely N-dealkylation sites (tertiary alicyclic amines) is 1. The van der Waals surface area contributed by atoms with Crippen LogP contribution in [0.5, 0.6) is 0 Å². The summed E-state index contributed by atoms with van der Waals surface area (Å²) >= 11 is 0. The second kappa shape index (κ2) is 8.17. The molecule has 23 heavy (non-hydrogen) atoms. The van der Waals surface area contributed by atoms with Crippen molar-refractivity contribution in [3.05, 3.63) is 0 Å². The van der Waals surface area contributed by atoms with Gasteiger partial charge in [0.25, 0.3) is 6.47 Å². The van der Waals surface area contributed by atoms with Gasteiger partial charge in [0.05, 0.1) is 12.5 Å². The van der Waals surface area contributed by atoms with E-state index in [9.17, 15) is 14.4 Å². The van der Waals surface area contributed by atoms with Crippen molar-refractivity contribution in [2.45, 2.75) is 57.6 Å². The van der Waals surface area contributed by atoms with Gasteiger partial charge in [0.1, 0.15) is 0 Å². The van der Waals surface area contributed by atoms with Crippen LogP contribution in [-0.2, 0) is 19.1 Å². The lowest BCUT2D eigenvalue weighted by Crippen LogP contribution is -2.57. The number of rotatable bonds is 5. The number of carbonyl (C=O) groups is 3. The molecule has 1 N–H and O–H groups in total. The molecule has 1 saturated carbocycles. The van der Waals surface area contributed by atoms with Gasteiger partial charge in [0.15, 0.2) is 5.72 Å². The van der Waals surface area contributed by atoms with Crippen molar-refractivity contribution in [2.75, 3.05) is 19.7 Å². The highest BCUT2D eigenvalue weighted by Crippen LogP contribution is 2.29. The van der Waals surface area contributed by atoms with Gasteiger partial charge in [-0.3, -0.25) is 14.9 Å². The molecule has 1 aliphatic heterocycles. The van der Waals surface area contributed by atoms with E-state index in [1.807, 2.05) is 0 Å². The molecule has 2 rings (SSSR count). The first-order chi connectivity index (χ1) is 11.1. The average molecular weight is 326 g/mol. The second-order valence-corrected chi connectivity index (χ2v) is 6.21. The third kappa shape index (κ3) is 4.59. The molecule has 0 spiro atoms. The summed E-state index contributed by atoms with van der Waals surface area (Å²) in [6.07, 6.45) is 5.46. The molecule has 1 saturated heterocycles. The summed E-state index contributed by atoms with van der Waals surface area (Å²) in [6, 6.07) is -0.226. The summed E-state index contributed by atoms with van der Waals surface area (Å²) in [5.41, 5.74) is -0.866. The summed E-state index contributed by atoms with van der Waals surface area (Å²) < 4.78 is 10.2. The minimum absolute atomic E-state index is 0.131. The fourth-order valence-electron chi connectivity index (χ4n) is 3.34. The Kier molecular flexibility index (Phi) is 6.24. The Labute approximate surface area is 136 Å². The van der Waals surface area contributed by atoms with Crippen LogP contribution in [0.25, 0.3) is 0 Å². The van der Waals surface area contributed by atoms with Crippen molar-refractivity contribution in [2.24, 2.45) is 5.92 Å². The number of nitrogens with zero attached hydrogens (tertiary/aromatic N) is 1. The fraction of sp³-hybridized carbons (Fsp3) is 0.812. The number of carbonyl (C=O) groups excluding carboxylic acids is 3. The van der Waals surface area contributed by atoms with Gasteiger partial charge in [-0.05, 0) is 32.6 Å². The highest BCUT2D eigenvalue weighted by atomic mass is 16.6. The van der Waals surface area contributed by atoms with Crippen LogP contribution in [0.1, 0.15) is 51.9 Å². The Hall–Kier alpha value is -1.79. The molecule has 130 valence electrons. The fourth-order valence-corrected chi connectivity index (χ4v) is 3.34. The van der Waals surface area contributed by atoms with Crippen LogP contribution in [-0.4, -0.2) is 48.8 Å². The maximum absolute atomic E-state index is 12.5. The summed E-state index contributed by atoms with van der Waals surface area (Å²) in [7, 11) is 0. The molecule has 0 aromatic heterocycles. The topological polar surface area (TPSA) is 84.9 Å². The normalized spacial score (nSPS) is 21.3. The van der Waals surface area contributed by atoms with E-state index >= 15 is 0 Å². The van der Waals surface area contributed by atoms with Gasteiger partial charge in [-0.15, -0.1) is 0 Å². The molecule has 7 heteroatoms. The van der Waals surface area contributed by atoms with Crippen LogP contribution in [0, 0.1) is 5.92 Å². The van der Waals surface area contributed by atoms with Crippen molar-refractivity contribution in [1.29, 1.82) is 0 Å². The van der Waals surface area contributed by atoms with Gasteiger partial charge in [-0.1, -0.05) is 6.42 Å². The van der Waals surface area contributed by atoms with E-state index in [2.05, 4.69) is 5.32 Å². The lowest BCUT2D eigenvalue weighted by molar-refractivity contribution is -0.151. The van der Waals surface area contributed by atoms with Crippen LogP contribution >= 0.6 is 0 Å². The zero-order chi connectivity index (χ0) is 16.7. The first-order valence-electron chi connectivity index (χ1n) is 8.45. The number of piperidine rings is 1. The lowest BCUT2D eigenvalue weighted by Gasteiger charge is -2.39. The molecule has 2 amide bonds. The van der Waals surface area contributed by atoms with Gasteiger partial charge >= 0.3 is 12.0 Å². The van der Waals surface area contributed by atoms with Crippen LogP contribution in [0.2, 0.25) is 0 Å². The lowest BCUT2D eigenvalue weighted by atomic mass is 9.91. The van der Waals surface area contributed by atoms with E-state index in [0.717, 1.165) is 19.3 Å². The summed E-state index contributed by atoms with van der Waals surface area (Å²) in [4.78, 5) is 36.6. The first-order valence-corrected chi connectivity index (χ1v) is 8.45. The van der Waals surface area contributed by atoms with Crippen molar-refractivity contribution < 1.29 is 23.9 Å². The number of hydrogen-bond acceptors (Lipinski definition) is 5. The third-order valence-electron chi connectivity index (χ3n) is 4.67. The molecule has 7 nitrogen and oxygen atoms in total. The zero-order valence-corrected chi connectivity index (χ0v) is 13.7. The standard InChI is InChI=1S/C16H26N2O5/c1-2-22-14(20)13-6-10-18(11-7-13)15(21)17-16(23-12-19)8-4-3-5-9-16/h12-13H,2-11H2,1H3,(H,17,21). The molecule has 2 aliphatic rings. The van der Waals surface area contributed by atoms with Crippen molar-refractivity contribution in [3.63, 3.8) is 0 Å². The SMILES string of the molecule is CCOC(=O)C1CCN(C(=O)NC2(OC=O)CCCCC2)CC1. The van der Waals surface area contributed by atoms with E-state index in [4.69, 9.17) is 9.47 Å². The predicted molar refractivity (Wildman–Crippen MR) is 82.4 cm³/mol. The number of amides is 2. The van der Waals surface area contributed by atoms with Gasteiger partial charge in [-0.2, -0.15) is 0 Å². The highest BCUT2D eigenvalue weighted by Gasteiger charge is 2.37. The molecule has 0 radical (unpaired) electrons. The first kappa shape index (κ1) is 17.6. The van der Waals surface area contributed by atoms with E-state index in [1.165, 1.54) is 0 Å². The summed E-state index contributed by atoms with van der Waals surface area (Å²) in [5, 5.41) is 2.89. The van der Waals surface area contributed by atoms with Crippen LogP contribution in [0.15, 0.2) is 0 Å². The third-order valence-corrected chi connectivity index (χ3v) is 4.67. The minimum atomic E-state index is -0.866. The van der Waals surface area contributed by atoms with Crippen LogP contribution in [0.3, 0.4) is 0 Å². The minimum Gasteiger partial charge on any atom is -0.466 e. The molecule has 0 unspecified atom stereocenters. The monoisotopic (exact) mass is 326 g/mol. The van der Waals surface area contributed by atoms with Crippen LogP contribution < -0.4 is 5.32 Å². The van der Waals surface area contributed by atoms with E-state index in [-0.39, 0.29) is 17.9 Å². The van der Waals surface area contributed by atoms with Crippen molar-refractivity contribution in [3.8, 4) is 0 Å². The predicted octanol–water partition coefficient (Wildman–Crippen LogP) is 1.80. The molecule has 2 fully saturated rings. The second-order valence-electron chi connectivity index (χ2n) is 6.21. The van der Waals surface area contributed by atoms with E-state index in [1.54, 1.807) is 11.8 Å². The molecule has 0 aromatic rings. The van der Waals surface area contributed by atoms with Crippen LogP contribution in [0.4, 0.5) is 4.79 Å². The molecule has 0 atom stereocenters. The maximum atomic E-state index is 12.5. The average Bonchev–Trinajstić information content (AvgIpc) is 2.56. The summed E-state index contributed by atoms with van der Waals surface area (Å²) in [5.74, 6) is -0.311. The van der Waals surface area contributed by atoms with Gasteiger partial charge < -0.3 is 14.4 Å². The van der Waals surface area contributed by atoms with E-state index < -0.39 is 5.72 Å². The smallest absolute Gasteiger partial charge is 0.320 e. The quantitative estimate of drug-likeness (QED) is 0.473. The molecule has 1 heterocycles. The number of urea groups is 1. The zero-order valence-electron chi connectivity index (χ0n) is 13.7.